The third kappa shape index (κ3) is 15.0. The Morgan fingerprint density at radius 3 is 2.18 bits per heavy atom. The minimum Gasteiger partial charge on any atom is -0.497 e. The molecule has 282 valence electrons. The lowest BCUT2D eigenvalue weighted by atomic mass is 9.99. The fourth-order valence-corrected chi connectivity index (χ4v) is 5.90. The van der Waals surface area contributed by atoms with Gasteiger partial charge in [0.1, 0.15) is 42.3 Å². The Bertz CT molecular complexity index is 1310. The average Bonchev–Trinajstić information content (AvgIpc) is 3.16. The summed E-state index contributed by atoms with van der Waals surface area (Å²) in [7, 11) is 1.56. The van der Waals surface area contributed by atoms with E-state index in [-0.39, 0.29) is 13.2 Å². The number of hydrogen-bond donors (Lipinski definition) is 3. The second-order valence-electron chi connectivity index (χ2n) is 12.9. The van der Waals surface area contributed by atoms with Gasteiger partial charge in [0.05, 0.1) is 32.5 Å². The summed E-state index contributed by atoms with van der Waals surface area (Å²) in [5, 5.41) is 35.2. The van der Waals surface area contributed by atoms with Crippen LogP contribution in [0.5, 0.6) is 5.75 Å². The molecule has 51 heavy (non-hydrogen) atoms. The molecule has 2 unspecified atom stereocenters. The molecule has 1 aliphatic rings. The summed E-state index contributed by atoms with van der Waals surface area (Å²) >= 11 is 0. The number of carbonyl (C=O) groups is 1. The zero-order chi connectivity index (χ0) is 36.7. The van der Waals surface area contributed by atoms with Crippen molar-refractivity contribution in [3.8, 4) is 5.75 Å². The standard InChI is InChI=1S/C39H57N3O9/c1-3-4-5-6-7-8-9-10-11-12-13-14-18-21-33(50-38(46)30-19-16-15-17-20-30)32(41-42-40)28-49-39-37(36(45)35(44)34(26-43)51-39)48-27-29-22-24-31(47-2)25-23-29/h15-25,32-37,39,43-45H,3-14,26-28H2,1-2H3/t32?,33?,34-,35+,36+,37-,39+/m1/s1. The first-order chi connectivity index (χ1) is 24.9. The fourth-order valence-electron chi connectivity index (χ4n) is 5.90. The van der Waals surface area contributed by atoms with E-state index in [9.17, 15) is 25.6 Å². The number of aliphatic hydroxyl groups excluding tert-OH is 3. The van der Waals surface area contributed by atoms with Crippen LogP contribution in [-0.4, -0.2) is 84.5 Å². The van der Waals surface area contributed by atoms with Crippen LogP contribution in [0.25, 0.3) is 10.4 Å². The van der Waals surface area contributed by atoms with Crippen molar-refractivity contribution in [1.82, 2.24) is 0 Å². The highest BCUT2D eigenvalue weighted by atomic mass is 16.7. The number of ether oxygens (including phenoxy) is 5. The van der Waals surface area contributed by atoms with Crippen molar-refractivity contribution < 1.29 is 43.8 Å². The van der Waals surface area contributed by atoms with Gasteiger partial charge < -0.3 is 39.0 Å². The number of esters is 1. The van der Waals surface area contributed by atoms with Gasteiger partial charge in [-0.15, -0.1) is 0 Å². The van der Waals surface area contributed by atoms with Crippen LogP contribution in [0.2, 0.25) is 0 Å². The molecule has 0 bridgehead atoms. The molecule has 0 aromatic heterocycles. The van der Waals surface area contributed by atoms with Crippen LogP contribution in [0.3, 0.4) is 0 Å². The largest absolute Gasteiger partial charge is 0.497 e. The zero-order valence-corrected chi connectivity index (χ0v) is 30.1. The molecule has 12 heteroatoms. The van der Waals surface area contributed by atoms with E-state index in [1.165, 1.54) is 57.8 Å². The minimum atomic E-state index is -1.46. The first-order valence-corrected chi connectivity index (χ1v) is 18.4. The number of aliphatic hydroxyl groups is 3. The molecule has 0 radical (unpaired) electrons. The molecule has 1 heterocycles. The van der Waals surface area contributed by atoms with Crippen LogP contribution < -0.4 is 4.74 Å². The molecule has 2 aromatic rings. The van der Waals surface area contributed by atoms with Gasteiger partial charge in [0.25, 0.3) is 0 Å². The van der Waals surface area contributed by atoms with Crippen molar-refractivity contribution in [2.75, 3.05) is 20.3 Å². The number of unbranched alkanes of at least 4 members (excludes halogenated alkanes) is 11. The van der Waals surface area contributed by atoms with Gasteiger partial charge in [-0.3, -0.25) is 0 Å². The Hall–Kier alpha value is -3.48. The van der Waals surface area contributed by atoms with E-state index in [4.69, 9.17) is 23.7 Å². The number of methoxy groups -OCH3 is 1. The van der Waals surface area contributed by atoms with E-state index in [1.807, 2.05) is 6.08 Å². The summed E-state index contributed by atoms with van der Waals surface area (Å²) in [5.74, 6) is 0.0771. The Labute approximate surface area is 302 Å². The second kappa shape index (κ2) is 24.7. The number of allylic oxidation sites excluding steroid dienone is 1. The highest BCUT2D eigenvalue weighted by molar-refractivity contribution is 5.89. The van der Waals surface area contributed by atoms with Crippen LogP contribution >= 0.6 is 0 Å². The number of benzene rings is 2. The molecular weight excluding hydrogens is 654 g/mol. The van der Waals surface area contributed by atoms with Crippen molar-refractivity contribution in [3.05, 3.63) is 88.3 Å². The summed E-state index contributed by atoms with van der Waals surface area (Å²) in [6.07, 6.45) is 10.5. The SMILES string of the molecule is CCCCCCCCCCCCCC=CC(OC(=O)c1ccccc1)C(CO[C@H]1O[C@H](CO)[C@H](O)[C@H](O)[C@H]1OCc1ccc(OC)cc1)N=[N+]=[N-]. The molecule has 0 spiro atoms. The van der Waals surface area contributed by atoms with E-state index in [0.29, 0.717) is 11.3 Å². The lowest BCUT2D eigenvalue weighted by molar-refractivity contribution is -0.312. The van der Waals surface area contributed by atoms with E-state index >= 15 is 0 Å². The monoisotopic (exact) mass is 711 g/mol. The quantitative estimate of drug-likeness (QED) is 0.0240. The Morgan fingerprint density at radius 1 is 0.922 bits per heavy atom. The Balaban J connectivity index is 1.64. The second-order valence-corrected chi connectivity index (χ2v) is 12.9. The smallest absolute Gasteiger partial charge is 0.338 e. The molecule has 1 saturated heterocycles. The molecule has 2 aromatic carbocycles. The molecule has 3 rings (SSSR count). The normalized spacial score (nSPS) is 21.5. The number of azide groups is 1. The van der Waals surface area contributed by atoms with Crippen molar-refractivity contribution in [1.29, 1.82) is 0 Å². The van der Waals surface area contributed by atoms with Gasteiger partial charge in [-0.1, -0.05) is 113 Å². The Kier molecular flexibility index (Phi) is 20.3. The molecule has 1 fully saturated rings. The summed E-state index contributed by atoms with van der Waals surface area (Å²) in [4.78, 5) is 16.1. The lowest BCUT2D eigenvalue weighted by Gasteiger charge is -2.42. The molecule has 1 aliphatic heterocycles. The van der Waals surface area contributed by atoms with Crippen LogP contribution in [0.1, 0.15) is 99.9 Å². The third-order valence-electron chi connectivity index (χ3n) is 8.99. The average molecular weight is 712 g/mol. The van der Waals surface area contributed by atoms with E-state index < -0.39 is 55.4 Å². The maximum Gasteiger partial charge on any atom is 0.338 e. The highest BCUT2D eigenvalue weighted by Gasteiger charge is 2.46. The Morgan fingerprint density at radius 2 is 1.57 bits per heavy atom. The van der Waals surface area contributed by atoms with E-state index in [1.54, 1.807) is 67.8 Å². The van der Waals surface area contributed by atoms with Gasteiger partial charge in [0, 0.05) is 4.91 Å². The van der Waals surface area contributed by atoms with Crippen molar-refractivity contribution in [3.63, 3.8) is 0 Å². The first kappa shape index (κ1) is 41.9. The summed E-state index contributed by atoms with van der Waals surface area (Å²) < 4.78 is 28.9. The summed E-state index contributed by atoms with van der Waals surface area (Å²) in [6.45, 7) is 1.42. The fraction of sp³-hybridized carbons (Fsp3) is 0.615. The van der Waals surface area contributed by atoms with Gasteiger partial charge in [0.2, 0.25) is 0 Å². The van der Waals surface area contributed by atoms with Gasteiger partial charge in [-0.2, -0.15) is 0 Å². The van der Waals surface area contributed by atoms with Crippen LogP contribution in [0.4, 0.5) is 0 Å². The van der Waals surface area contributed by atoms with Gasteiger partial charge >= 0.3 is 5.97 Å². The van der Waals surface area contributed by atoms with Crippen molar-refractivity contribution in [2.24, 2.45) is 5.11 Å². The summed E-state index contributed by atoms with van der Waals surface area (Å²) in [5.41, 5.74) is 10.6. The molecule has 7 atom stereocenters. The zero-order valence-electron chi connectivity index (χ0n) is 30.1. The van der Waals surface area contributed by atoms with Gasteiger partial charge in [-0.25, -0.2) is 4.79 Å². The van der Waals surface area contributed by atoms with E-state index in [0.717, 1.165) is 24.8 Å². The minimum absolute atomic E-state index is 0.0460. The third-order valence-corrected chi connectivity index (χ3v) is 8.99. The maximum atomic E-state index is 13.1. The van der Waals surface area contributed by atoms with E-state index in [2.05, 4.69) is 16.9 Å². The maximum absolute atomic E-state index is 13.1. The molecule has 0 amide bonds. The highest BCUT2D eigenvalue weighted by Crippen LogP contribution is 2.27. The number of hydrogen-bond acceptors (Lipinski definition) is 10. The molecular formula is C39H57N3O9. The molecule has 0 saturated carbocycles. The van der Waals surface area contributed by atoms with Gasteiger partial charge in [-0.05, 0) is 54.3 Å². The van der Waals surface area contributed by atoms with Crippen molar-refractivity contribution >= 4 is 5.97 Å². The predicted molar refractivity (Wildman–Crippen MR) is 194 cm³/mol. The predicted octanol–water partition coefficient (Wildman–Crippen LogP) is 7.20. The molecule has 0 aliphatic carbocycles. The van der Waals surface area contributed by atoms with Crippen LogP contribution in [0, 0.1) is 0 Å². The first-order valence-electron chi connectivity index (χ1n) is 18.4. The topological polar surface area (TPSA) is 173 Å². The number of rotatable bonds is 25. The van der Waals surface area contributed by atoms with Crippen LogP contribution in [0.15, 0.2) is 71.9 Å². The summed E-state index contributed by atoms with van der Waals surface area (Å²) in [6, 6.07) is 14.6. The van der Waals surface area contributed by atoms with Crippen LogP contribution in [-0.2, 0) is 25.6 Å². The molecule has 12 nitrogen and oxygen atoms in total. The van der Waals surface area contributed by atoms with Gasteiger partial charge in [0.15, 0.2) is 6.29 Å². The lowest BCUT2D eigenvalue weighted by Crippen LogP contribution is -2.60. The number of carbonyl (C=O) groups excluding carboxylic acids is 1. The number of nitrogens with zero attached hydrogens (tertiary/aromatic N) is 3. The molecule has 3 N–H and O–H groups in total. The van der Waals surface area contributed by atoms with Crippen molar-refractivity contribution in [2.45, 2.75) is 133 Å².